The SMILES string of the molecule is C[C@@H](O)OC(c1ccccc1)c1ccccc1. The summed E-state index contributed by atoms with van der Waals surface area (Å²) in [5.41, 5.74) is 2.08. The van der Waals surface area contributed by atoms with Gasteiger partial charge in [-0.25, -0.2) is 0 Å². The van der Waals surface area contributed by atoms with Crippen molar-refractivity contribution in [1.29, 1.82) is 0 Å². The van der Waals surface area contributed by atoms with Crippen molar-refractivity contribution in [3.05, 3.63) is 71.8 Å². The molecule has 0 unspecified atom stereocenters. The van der Waals surface area contributed by atoms with E-state index in [4.69, 9.17) is 4.74 Å². The van der Waals surface area contributed by atoms with E-state index in [9.17, 15) is 5.11 Å². The lowest BCUT2D eigenvalue weighted by Crippen LogP contribution is -2.14. The summed E-state index contributed by atoms with van der Waals surface area (Å²) in [6.07, 6.45) is -1.02. The second-order valence-corrected chi connectivity index (χ2v) is 3.94. The van der Waals surface area contributed by atoms with Gasteiger partial charge in [-0.2, -0.15) is 0 Å². The van der Waals surface area contributed by atoms with Crippen LogP contribution in [0.2, 0.25) is 0 Å². The predicted octanol–water partition coefficient (Wildman–Crippen LogP) is 3.13. The molecule has 0 saturated heterocycles. The average molecular weight is 228 g/mol. The van der Waals surface area contributed by atoms with Crippen LogP contribution in [-0.2, 0) is 4.74 Å². The fourth-order valence-corrected chi connectivity index (χ4v) is 1.80. The topological polar surface area (TPSA) is 29.5 Å². The van der Waals surface area contributed by atoms with Crippen molar-refractivity contribution in [2.75, 3.05) is 0 Å². The van der Waals surface area contributed by atoms with Crippen LogP contribution in [-0.4, -0.2) is 11.4 Å². The van der Waals surface area contributed by atoms with Crippen LogP contribution in [0.4, 0.5) is 0 Å². The number of ether oxygens (including phenoxy) is 1. The number of hydrogen-bond acceptors (Lipinski definition) is 2. The molecule has 0 heterocycles. The molecular weight excluding hydrogens is 212 g/mol. The third-order valence-electron chi connectivity index (χ3n) is 2.54. The summed E-state index contributed by atoms with van der Waals surface area (Å²) in [7, 11) is 0. The van der Waals surface area contributed by atoms with Gasteiger partial charge < -0.3 is 9.84 Å². The molecule has 1 N–H and O–H groups in total. The quantitative estimate of drug-likeness (QED) is 0.815. The van der Waals surface area contributed by atoms with Gasteiger partial charge in [-0.05, 0) is 18.1 Å². The molecule has 0 amide bonds. The molecule has 0 spiro atoms. The minimum Gasteiger partial charge on any atom is -0.368 e. The standard InChI is InChI=1S/C15H16O2/c1-12(16)17-15(13-8-4-2-5-9-13)14-10-6-3-7-11-14/h2-12,15-16H,1H3/t12-/m0/s1. The van der Waals surface area contributed by atoms with Gasteiger partial charge in [0.25, 0.3) is 0 Å². The highest BCUT2D eigenvalue weighted by atomic mass is 16.6. The Morgan fingerprint density at radius 1 is 0.824 bits per heavy atom. The lowest BCUT2D eigenvalue weighted by Gasteiger charge is -2.20. The molecule has 2 nitrogen and oxygen atoms in total. The first-order valence-electron chi connectivity index (χ1n) is 5.71. The Kier molecular flexibility index (Phi) is 3.91. The van der Waals surface area contributed by atoms with Crippen molar-refractivity contribution in [1.82, 2.24) is 0 Å². The zero-order valence-corrected chi connectivity index (χ0v) is 9.78. The van der Waals surface area contributed by atoms with E-state index in [-0.39, 0.29) is 6.10 Å². The molecule has 1 atom stereocenters. The predicted molar refractivity (Wildman–Crippen MR) is 67.5 cm³/mol. The van der Waals surface area contributed by atoms with Crippen molar-refractivity contribution in [3.8, 4) is 0 Å². The molecule has 0 aliphatic carbocycles. The van der Waals surface area contributed by atoms with Gasteiger partial charge >= 0.3 is 0 Å². The molecule has 88 valence electrons. The van der Waals surface area contributed by atoms with Crippen molar-refractivity contribution in [3.63, 3.8) is 0 Å². The smallest absolute Gasteiger partial charge is 0.153 e. The average Bonchev–Trinajstić information content (AvgIpc) is 2.38. The maximum Gasteiger partial charge on any atom is 0.153 e. The fraction of sp³-hybridized carbons (Fsp3) is 0.200. The maximum absolute atomic E-state index is 9.42. The summed E-state index contributed by atoms with van der Waals surface area (Å²) in [6.45, 7) is 1.62. The lowest BCUT2D eigenvalue weighted by molar-refractivity contribution is -0.113. The van der Waals surface area contributed by atoms with E-state index in [1.165, 1.54) is 0 Å². The molecule has 0 aliphatic heterocycles. The summed E-state index contributed by atoms with van der Waals surface area (Å²) < 4.78 is 5.58. The first-order chi connectivity index (χ1) is 8.27. The number of aliphatic hydroxyl groups is 1. The highest BCUT2D eigenvalue weighted by molar-refractivity contribution is 5.29. The summed E-state index contributed by atoms with van der Waals surface area (Å²) >= 11 is 0. The monoisotopic (exact) mass is 228 g/mol. The Balaban J connectivity index is 2.32. The molecule has 2 rings (SSSR count). The third-order valence-corrected chi connectivity index (χ3v) is 2.54. The molecule has 0 bridgehead atoms. The van der Waals surface area contributed by atoms with Crippen LogP contribution < -0.4 is 0 Å². The van der Waals surface area contributed by atoms with Crippen molar-refractivity contribution in [2.24, 2.45) is 0 Å². The number of rotatable bonds is 4. The molecule has 0 radical (unpaired) electrons. The molecule has 0 fully saturated rings. The largest absolute Gasteiger partial charge is 0.368 e. The van der Waals surface area contributed by atoms with E-state index in [1.54, 1.807) is 6.92 Å². The summed E-state index contributed by atoms with van der Waals surface area (Å²) in [5, 5.41) is 9.42. The van der Waals surface area contributed by atoms with E-state index in [0.29, 0.717) is 0 Å². The summed E-state index contributed by atoms with van der Waals surface area (Å²) in [4.78, 5) is 0. The van der Waals surface area contributed by atoms with Crippen LogP contribution in [0.25, 0.3) is 0 Å². The van der Waals surface area contributed by atoms with Crippen LogP contribution in [0.1, 0.15) is 24.2 Å². The van der Waals surface area contributed by atoms with Crippen molar-refractivity contribution in [2.45, 2.75) is 19.3 Å². The van der Waals surface area contributed by atoms with Crippen molar-refractivity contribution < 1.29 is 9.84 Å². The molecule has 0 aliphatic rings. The van der Waals surface area contributed by atoms with Crippen LogP contribution >= 0.6 is 0 Å². The van der Waals surface area contributed by atoms with Crippen molar-refractivity contribution >= 4 is 0 Å². The Labute approximate surface area is 101 Å². The van der Waals surface area contributed by atoms with Gasteiger partial charge in [-0.1, -0.05) is 60.7 Å². The Morgan fingerprint density at radius 2 is 1.24 bits per heavy atom. The van der Waals surface area contributed by atoms with Crippen LogP contribution in [0.3, 0.4) is 0 Å². The molecule has 0 aromatic heterocycles. The highest BCUT2D eigenvalue weighted by Gasteiger charge is 2.16. The first kappa shape index (κ1) is 11.8. The van der Waals surface area contributed by atoms with E-state index in [2.05, 4.69) is 0 Å². The van der Waals surface area contributed by atoms with Crippen LogP contribution in [0.15, 0.2) is 60.7 Å². The maximum atomic E-state index is 9.42. The zero-order valence-electron chi connectivity index (χ0n) is 9.78. The second-order valence-electron chi connectivity index (χ2n) is 3.94. The van der Waals surface area contributed by atoms with Crippen LogP contribution in [0.5, 0.6) is 0 Å². The Hall–Kier alpha value is -1.64. The van der Waals surface area contributed by atoms with Gasteiger partial charge in [0.1, 0.15) is 6.10 Å². The lowest BCUT2D eigenvalue weighted by atomic mass is 10.0. The van der Waals surface area contributed by atoms with Gasteiger partial charge in [-0.3, -0.25) is 0 Å². The molecule has 2 heteroatoms. The molecule has 2 aromatic rings. The number of aliphatic hydroxyl groups excluding tert-OH is 1. The van der Waals surface area contributed by atoms with E-state index in [1.807, 2.05) is 60.7 Å². The zero-order chi connectivity index (χ0) is 12.1. The molecular formula is C15H16O2. The highest BCUT2D eigenvalue weighted by Crippen LogP contribution is 2.26. The van der Waals surface area contributed by atoms with Gasteiger partial charge in [0.05, 0.1) is 0 Å². The van der Waals surface area contributed by atoms with Gasteiger partial charge in [-0.15, -0.1) is 0 Å². The minimum absolute atomic E-state index is 0.225. The summed E-state index contributed by atoms with van der Waals surface area (Å²) in [5.74, 6) is 0. The fourth-order valence-electron chi connectivity index (χ4n) is 1.80. The normalized spacial score (nSPS) is 12.6. The first-order valence-corrected chi connectivity index (χ1v) is 5.71. The second kappa shape index (κ2) is 5.62. The third kappa shape index (κ3) is 3.16. The van der Waals surface area contributed by atoms with Gasteiger partial charge in [0.15, 0.2) is 6.29 Å². The van der Waals surface area contributed by atoms with Crippen LogP contribution in [0, 0.1) is 0 Å². The van der Waals surface area contributed by atoms with E-state index < -0.39 is 6.29 Å². The molecule has 0 saturated carbocycles. The van der Waals surface area contributed by atoms with E-state index >= 15 is 0 Å². The minimum atomic E-state index is -0.791. The number of hydrogen-bond donors (Lipinski definition) is 1. The Bertz CT molecular complexity index is 397. The van der Waals surface area contributed by atoms with E-state index in [0.717, 1.165) is 11.1 Å². The van der Waals surface area contributed by atoms with Gasteiger partial charge in [0, 0.05) is 0 Å². The Morgan fingerprint density at radius 3 is 1.59 bits per heavy atom. The number of benzene rings is 2. The molecule has 2 aromatic carbocycles. The molecule has 17 heavy (non-hydrogen) atoms. The summed E-state index contributed by atoms with van der Waals surface area (Å²) in [6, 6.07) is 19.8. The van der Waals surface area contributed by atoms with Gasteiger partial charge in [0.2, 0.25) is 0 Å².